The molecule has 3 aromatic rings. The normalized spacial score (nSPS) is 11.7. The Kier molecular flexibility index (Phi) is 9.42. The van der Waals surface area contributed by atoms with Crippen molar-refractivity contribution in [1.82, 2.24) is 20.5 Å². The van der Waals surface area contributed by atoms with E-state index in [1.54, 1.807) is 23.0 Å². The van der Waals surface area contributed by atoms with Gasteiger partial charge < -0.3 is 26.6 Å². The van der Waals surface area contributed by atoms with Gasteiger partial charge in [-0.05, 0) is 57.1 Å². The number of pyridine rings is 1. The summed E-state index contributed by atoms with van der Waals surface area (Å²) in [5.41, 5.74) is 9.32. The number of urea groups is 1. The van der Waals surface area contributed by atoms with Gasteiger partial charge in [-0.25, -0.2) is 4.79 Å². The molecule has 0 aliphatic rings. The number of nitrogens with zero attached hydrogens (tertiary/aromatic N) is 2. The molecule has 1 atom stereocenters. The Morgan fingerprint density at radius 1 is 1.12 bits per heavy atom. The minimum atomic E-state index is -0.328. The van der Waals surface area contributed by atoms with Crippen molar-refractivity contribution in [3.63, 3.8) is 0 Å². The second-order valence-corrected chi connectivity index (χ2v) is 9.05. The van der Waals surface area contributed by atoms with Crippen LogP contribution in [0.3, 0.4) is 0 Å². The lowest BCUT2D eigenvalue weighted by atomic mass is 10.1. The molecule has 5 N–H and O–H groups in total. The summed E-state index contributed by atoms with van der Waals surface area (Å²) in [7, 11) is 3.98. The van der Waals surface area contributed by atoms with Crippen LogP contribution in [0.25, 0.3) is 0 Å². The van der Waals surface area contributed by atoms with E-state index in [1.807, 2.05) is 38.4 Å². The summed E-state index contributed by atoms with van der Waals surface area (Å²) < 4.78 is 0. The van der Waals surface area contributed by atoms with E-state index >= 15 is 0 Å². The molecule has 0 saturated carbocycles. The van der Waals surface area contributed by atoms with Crippen molar-refractivity contribution in [1.29, 1.82) is 0 Å². The Hall–Kier alpha value is -3.43. The van der Waals surface area contributed by atoms with Crippen LogP contribution in [0.5, 0.6) is 0 Å². The molecule has 8 nitrogen and oxygen atoms in total. The third-order valence-electron chi connectivity index (χ3n) is 5.30. The number of nitrogen functional groups attached to an aromatic ring is 1. The van der Waals surface area contributed by atoms with Crippen LogP contribution in [0, 0.1) is 0 Å². The Morgan fingerprint density at radius 3 is 2.56 bits per heavy atom. The van der Waals surface area contributed by atoms with Crippen LogP contribution in [0.2, 0.25) is 0 Å². The molecular weight excluding hydrogens is 448 g/mol. The van der Waals surface area contributed by atoms with Crippen molar-refractivity contribution in [3.05, 3.63) is 76.2 Å². The molecule has 0 spiro atoms. The van der Waals surface area contributed by atoms with Crippen molar-refractivity contribution in [3.8, 4) is 0 Å². The maximum Gasteiger partial charge on any atom is 0.315 e. The fraction of sp³-hybridized carbons (Fsp3) is 0.320. The molecule has 9 heteroatoms. The predicted molar refractivity (Wildman–Crippen MR) is 138 cm³/mol. The van der Waals surface area contributed by atoms with E-state index in [1.165, 1.54) is 16.9 Å². The zero-order chi connectivity index (χ0) is 24.3. The van der Waals surface area contributed by atoms with Gasteiger partial charge in [-0.1, -0.05) is 36.4 Å². The predicted octanol–water partition coefficient (Wildman–Crippen LogP) is 3.90. The second-order valence-electron chi connectivity index (χ2n) is 8.31. The SMILES string of the molecule is CN(C)CCC(NC(=O)NCCCc1ccccc1)c1ccc(C(=O)Nc2cscc2N)nc1. The third-order valence-corrected chi connectivity index (χ3v) is 6.06. The lowest BCUT2D eigenvalue weighted by molar-refractivity contribution is 0.102. The highest BCUT2D eigenvalue weighted by Gasteiger charge is 2.17. The molecule has 1 aromatic carbocycles. The van der Waals surface area contributed by atoms with Gasteiger partial charge in [0.25, 0.3) is 5.91 Å². The van der Waals surface area contributed by atoms with Gasteiger partial charge in [-0.2, -0.15) is 0 Å². The fourth-order valence-electron chi connectivity index (χ4n) is 3.40. The van der Waals surface area contributed by atoms with Crippen LogP contribution < -0.4 is 21.7 Å². The highest BCUT2D eigenvalue weighted by Crippen LogP contribution is 2.23. The first kappa shape index (κ1) is 25.2. The average Bonchev–Trinajstić information content (AvgIpc) is 3.24. The van der Waals surface area contributed by atoms with Crippen molar-refractivity contribution in [2.45, 2.75) is 25.3 Å². The lowest BCUT2D eigenvalue weighted by Gasteiger charge is -2.21. The molecule has 2 aromatic heterocycles. The summed E-state index contributed by atoms with van der Waals surface area (Å²) in [5.74, 6) is -0.328. The summed E-state index contributed by atoms with van der Waals surface area (Å²) in [4.78, 5) is 31.4. The second kappa shape index (κ2) is 12.7. The molecule has 3 amide bonds. The Bertz CT molecular complexity index is 1050. The maximum absolute atomic E-state index is 12.5. The molecule has 3 rings (SSSR count). The van der Waals surface area contributed by atoms with Gasteiger partial charge in [0.05, 0.1) is 17.4 Å². The maximum atomic E-state index is 12.5. The smallest absolute Gasteiger partial charge is 0.315 e. The molecule has 34 heavy (non-hydrogen) atoms. The molecule has 1 unspecified atom stereocenters. The first-order valence-electron chi connectivity index (χ1n) is 11.2. The number of nitrogens with two attached hydrogens (primary N) is 1. The Morgan fingerprint density at radius 2 is 1.91 bits per heavy atom. The zero-order valence-corrected chi connectivity index (χ0v) is 20.4. The number of thiophene rings is 1. The number of nitrogens with one attached hydrogen (secondary N) is 3. The Labute approximate surface area is 204 Å². The summed E-state index contributed by atoms with van der Waals surface area (Å²) in [6.07, 6.45) is 4.13. The molecular formula is C25H32N6O2S. The number of amides is 3. The number of hydrogen-bond donors (Lipinski definition) is 4. The van der Waals surface area contributed by atoms with Gasteiger partial charge in [-0.15, -0.1) is 11.3 Å². The number of carbonyl (C=O) groups is 2. The minimum absolute atomic E-state index is 0.216. The van der Waals surface area contributed by atoms with E-state index in [2.05, 4.69) is 38.0 Å². The molecule has 0 aliphatic heterocycles. The minimum Gasteiger partial charge on any atom is -0.396 e. The number of rotatable bonds is 11. The zero-order valence-electron chi connectivity index (χ0n) is 19.6. The number of carbonyl (C=O) groups excluding carboxylic acids is 2. The van der Waals surface area contributed by atoms with Gasteiger partial charge >= 0.3 is 6.03 Å². The van der Waals surface area contributed by atoms with Gasteiger partial charge in [-0.3, -0.25) is 9.78 Å². The highest BCUT2D eigenvalue weighted by molar-refractivity contribution is 7.09. The summed E-state index contributed by atoms with van der Waals surface area (Å²) >= 11 is 1.42. The molecule has 0 saturated heterocycles. The standard InChI is InChI=1S/C25H32N6O2S/c1-31(2)14-12-21(30-25(33)27-13-6-9-18-7-4-3-5-8-18)19-10-11-22(28-15-19)24(32)29-23-17-34-16-20(23)26/h3-5,7-8,10-11,15-17,21H,6,9,12-14,26H2,1-2H3,(H,29,32)(H2,27,30,33). The summed E-state index contributed by atoms with van der Waals surface area (Å²) in [5, 5.41) is 12.3. The molecule has 0 bridgehead atoms. The van der Waals surface area contributed by atoms with E-state index in [-0.39, 0.29) is 23.7 Å². The van der Waals surface area contributed by atoms with E-state index in [9.17, 15) is 9.59 Å². The van der Waals surface area contributed by atoms with Gasteiger partial charge in [0.2, 0.25) is 0 Å². The number of hydrogen-bond acceptors (Lipinski definition) is 6. The number of benzene rings is 1. The summed E-state index contributed by atoms with van der Waals surface area (Å²) in [6.45, 7) is 1.38. The van der Waals surface area contributed by atoms with Crippen molar-refractivity contribution in [2.24, 2.45) is 0 Å². The first-order chi connectivity index (χ1) is 16.4. The largest absolute Gasteiger partial charge is 0.396 e. The van der Waals surface area contributed by atoms with Gasteiger partial charge in [0, 0.05) is 23.5 Å². The van der Waals surface area contributed by atoms with E-state index in [4.69, 9.17) is 5.73 Å². The van der Waals surface area contributed by atoms with E-state index < -0.39 is 0 Å². The van der Waals surface area contributed by atoms with E-state index in [0.29, 0.717) is 24.3 Å². The third kappa shape index (κ3) is 7.86. The fourth-order valence-corrected chi connectivity index (χ4v) is 4.07. The number of aryl methyl sites for hydroxylation is 1. The first-order valence-corrected chi connectivity index (χ1v) is 12.2. The van der Waals surface area contributed by atoms with Crippen molar-refractivity contribution >= 4 is 34.6 Å². The summed E-state index contributed by atoms with van der Waals surface area (Å²) in [6, 6.07) is 13.3. The van der Waals surface area contributed by atoms with Crippen LogP contribution in [-0.2, 0) is 6.42 Å². The van der Waals surface area contributed by atoms with Crippen LogP contribution in [0.15, 0.2) is 59.4 Å². The molecule has 0 aliphatic carbocycles. The van der Waals surface area contributed by atoms with Gasteiger partial charge in [0.15, 0.2) is 0 Å². The number of aromatic nitrogens is 1. The highest BCUT2D eigenvalue weighted by atomic mass is 32.1. The van der Waals surface area contributed by atoms with Crippen LogP contribution in [0.4, 0.5) is 16.2 Å². The van der Waals surface area contributed by atoms with Crippen molar-refractivity contribution in [2.75, 3.05) is 38.2 Å². The topological polar surface area (TPSA) is 112 Å². The Balaban J connectivity index is 1.55. The van der Waals surface area contributed by atoms with E-state index in [0.717, 1.165) is 24.9 Å². The monoisotopic (exact) mass is 480 g/mol. The molecule has 2 heterocycles. The number of anilines is 2. The molecule has 0 radical (unpaired) electrons. The molecule has 180 valence electrons. The quantitative estimate of drug-likeness (QED) is 0.311. The van der Waals surface area contributed by atoms with Crippen molar-refractivity contribution < 1.29 is 9.59 Å². The molecule has 0 fully saturated rings. The van der Waals surface area contributed by atoms with Gasteiger partial charge in [0.1, 0.15) is 5.69 Å². The average molecular weight is 481 g/mol. The lowest BCUT2D eigenvalue weighted by Crippen LogP contribution is -2.39. The van der Waals surface area contributed by atoms with Crippen LogP contribution in [-0.4, -0.2) is 49.0 Å². The van der Waals surface area contributed by atoms with Crippen LogP contribution in [0.1, 0.15) is 40.5 Å². The van der Waals surface area contributed by atoms with Crippen LogP contribution >= 0.6 is 11.3 Å².